The molecule has 1 aromatic rings. The largest absolute Gasteiger partial charge is 0.408 e. The van der Waals surface area contributed by atoms with Gasteiger partial charge in [0.25, 0.3) is 0 Å². The Bertz CT molecular complexity index is 779. The standard InChI is InChI=1S/C15H21F3N4O3S/c1-26(24,25)11-4-6-21(7-5-11)14(23)19-12-8-22(9-15(16,17)18)20-13(12)10-2-3-10/h8,10-11H,2-7,9H2,1H3,(H,19,23). The molecule has 0 bridgehead atoms. The van der Waals surface area contributed by atoms with Crippen molar-refractivity contribution >= 4 is 21.6 Å². The third kappa shape index (κ3) is 4.68. The van der Waals surface area contributed by atoms with E-state index in [-0.39, 0.29) is 5.92 Å². The van der Waals surface area contributed by atoms with Crippen molar-refractivity contribution in [3.63, 3.8) is 0 Å². The van der Waals surface area contributed by atoms with E-state index in [1.807, 2.05) is 0 Å². The van der Waals surface area contributed by atoms with Gasteiger partial charge in [-0.2, -0.15) is 18.3 Å². The maximum atomic E-state index is 12.6. The molecule has 0 aromatic carbocycles. The lowest BCUT2D eigenvalue weighted by atomic mass is 10.1. The first-order chi connectivity index (χ1) is 12.0. The minimum atomic E-state index is -4.39. The average Bonchev–Trinajstić information content (AvgIpc) is 3.28. The molecular formula is C15H21F3N4O3S. The van der Waals surface area contributed by atoms with Gasteiger partial charge >= 0.3 is 12.2 Å². The van der Waals surface area contributed by atoms with Gasteiger partial charge in [-0.25, -0.2) is 13.2 Å². The zero-order valence-electron chi connectivity index (χ0n) is 14.3. The van der Waals surface area contributed by atoms with E-state index in [1.165, 1.54) is 17.4 Å². The fraction of sp³-hybridized carbons (Fsp3) is 0.733. The summed E-state index contributed by atoms with van der Waals surface area (Å²) in [5, 5.41) is 6.18. The normalized spacial score (nSPS) is 19.6. The number of anilines is 1. The molecule has 2 amide bonds. The van der Waals surface area contributed by atoms with Gasteiger partial charge in [0.1, 0.15) is 16.4 Å². The van der Waals surface area contributed by atoms with Crippen LogP contribution in [0.25, 0.3) is 0 Å². The van der Waals surface area contributed by atoms with Crippen molar-refractivity contribution in [1.29, 1.82) is 0 Å². The first-order valence-corrected chi connectivity index (χ1v) is 10.4. The predicted octanol–water partition coefficient (Wildman–Crippen LogP) is 2.36. The molecule has 11 heteroatoms. The summed E-state index contributed by atoms with van der Waals surface area (Å²) in [6, 6.07) is -0.439. The van der Waals surface area contributed by atoms with Crippen molar-refractivity contribution in [2.75, 3.05) is 24.7 Å². The summed E-state index contributed by atoms with van der Waals surface area (Å²) in [6.45, 7) is -0.625. The highest BCUT2D eigenvalue weighted by Crippen LogP contribution is 2.42. The quantitative estimate of drug-likeness (QED) is 0.850. The Balaban J connectivity index is 1.66. The average molecular weight is 394 g/mol. The molecule has 146 valence electrons. The van der Waals surface area contributed by atoms with Crippen LogP contribution in [-0.4, -0.2) is 59.9 Å². The maximum absolute atomic E-state index is 12.6. The lowest BCUT2D eigenvalue weighted by molar-refractivity contribution is -0.142. The Hall–Kier alpha value is -1.78. The first-order valence-electron chi connectivity index (χ1n) is 8.42. The number of alkyl halides is 3. The molecule has 0 atom stereocenters. The first kappa shape index (κ1) is 19.0. The molecule has 1 aromatic heterocycles. The molecule has 0 unspecified atom stereocenters. The van der Waals surface area contributed by atoms with Crippen molar-refractivity contribution in [3.8, 4) is 0 Å². The van der Waals surface area contributed by atoms with Gasteiger partial charge in [0.05, 0.1) is 16.6 Å². The van der Waals surface area contributed by atoms with E-state index in [0.29, 0.717) is 37.3 Å². The molecule has 2 heterocycles. The lowest BCUT2D eigenvalue weighted by Gasteiger charge is -2.31. The zero-order valence-corrected chi connectivity index (χ0v) is 15.1. The number of nitrogens with one attached hydrogen (secondary N) is 1. The van der Waals surface area contributed by atoms with Crippen LogP contribution in [0.3, 0.4) is 0 Å². The number of urea groups is 1. The highest BCUT2D eigenvalue weighted by atomic mass is 32.2. The van der Waals surface area contributed by atoms with Crippen molar-refractivity contribution in [3.05, 3.63) is 11.9 Å². The number of amides is 2. The van der Waals surface area contributed by atoms with Crippen LogP contribution in [0, 0.1) is 0 Å². The van der Waals surface area contributed by atoms with Crippen LogP contribution < -0.4 is 5.32 Å². The molecular weight excluding hydrogens is 373 g/mol. The van der Waals surface area contributed by atoms with Crippen LogP contribution in [0.2, 0.25) is 0 Å². The Labute approximate surface area is 149 Å². The fourth-order valence-electron chi connectivity index (χ4n) is 3.14. The van der Waals surface area contributed by atoms with E-state index in [4.69, 9.17) is 0 Å². The van der Waals surface area contributed by atoms with E-state index in [9.17, 15) is 26.4 Å². The van der Waals surface area contributed by atoms with Crippen molar-refractivity contribution in [2.24, 2.45) is 0 Å². The Kier molecular flexibility index (Phi) is 4.93. The van der Waals surface area contributed by atoms with Gasteiger partial charge in [-0.1, -0.05) is 0 Å². The number of carbonyl (C=O) groups is 1. The SMILES string of the molecule is CS(=O)(=O)C1CCN(C(=O)Nc2cn(CC(F)(F)F)nc2C2CC2)CC1. The Morgan fingerprint density at radius 3 is 2.38 bits per heavy atom. The van der Waals surface area contributed by atoms with Crippen LogP contribution in [0.1, 0.15) is 37.3 Å². The molecule has 26 heavy (non-hydrogen) atoms. The second kappa shape index (κ2) is 6.75. The van der Waals surface area contributed by atoms with Gasteiger partial charge in [0.2, 0.25) is 0 Å². The molecule has 1 aliphatic carbocycles. The summed E-state index contributed by atoms with van der Waals surface area (Å²) in [7, 11) is -3.14. The summed E-state index contributed by atoms with van der Waals surface area (Å²) in [4.78, 5) is 13.9. The van der Waals surface area contributed by atoms with E-state index < -0.39 is 33.8 Å². The minimum absolute atomic E-state index is 0.0794. The predicted molar refractivity (Wildman–Crippen MR) is 88.7 cm³/mol. The number of aromatic nitrogens is 2. The van der Waals surface area contributed by atoms with Gasteiger partial charge in [0, 0.05) is 31.5 Å². The summed E-state index contributed by atoms with van der Waals surface area (Å²) >= 11 is 0. The second-order valence-electron chi connectivity index (χ2n) is 6.96. The van der Waals surface area contributed by atoms with Gasteiger partial charge in [0.15, 0.2) is 0 Å². The zero-order chi connectivity index (χ0) is 19.1. The number of sulfone groups is 1. The third-order valence-corrected chi connectivity index (χ3v) is 6.35. The summed E-state index contributed by atoms with van der Waals surface area (Å²) < 4.78 is 61.7. The van der Waals surface area contributed by atoms with E-state index in [0.717, 1.165) is 17.5 Å². The van der Waals surface area contributed by atoms with Gasteiger partial charge < -0.3 is 10.2 Å². The topological polar surface area (TPSA) is 84.3 Å². The van der Waals surface area contributed by atoms with Gasteiger partial charge in [-0.05, 0) is 25.7 Å². The highest BCUT2D eigenvalue weighted by molar-refractivity contribution is 7.91. The number of piperidine rings is 1. The van der Waals surface area contributed by atoms with Crippen LogP contribution in [0.15, 0.2) is 6.20 Å². The van der Waals surface area contributed by atoms with Crippen molar-refractivity contribution in [2.45, 2.75) is 49.6 Å². The number of halogens is 3. The van der Waals surface area contributed by atoms with Crippen LogP contribution in [0.5, 0.6) is 0 Å². The fourth-order valence-corrected chi connectivity index (χ4v) is 4.20. The van der Waals surface area contributed by atoms with E-state index in [2.05, 4.69) is 10.4 Å². The number of rotatable bonds is 4. The van der Waals surface area contributed by atoms with Crippen LogP contribution >= 0.6 is 0 Å². The smallest absolute Gasteiger partial charge is 0.324 e. The summed E-state index contributed by atoms with van der Waals surface area (Å²) in [5.41, 5.74) is 0.778. The number of hydrogen-bond acceptors (Lipinski definition) is 4. The van der Waals surface area contributed by atoms with Crippen molar-refractivity contribution < 1.29 is 26.4 Å². The monoisotopic (exact) mass is 394 g/mol. The molecule has 2 aliphatic rings. The second-order valence-corrected chi connectivity index (χ2v) is 9.29. The lowest BCUT2D eigenvalue weighted by Crippen LogP contribution is -2.44. The summed E-state index contributed by atoms with van der Waals surface area (Å²) in [5.74, 6) is 0.0794. The molecule has 7 nitrogen and oxygen atoms in total. The third-order valence-electron chi connectivity index (χ3n) is 4.67. The van der Waals surface area contributed by atoms with Crippen LogP contribution in [-0.2, 0) is 16.4 Å². The van der Waals surface area contributed by atoms with E-state index in [1.54, 1.807) is 0 Å². The molecule has 2 fully saturated rings. The Morgan fingerprint density at radius 1 is 1.27 bits per heavy atom. The maximum Gasteiger partial charge on any atom is 0.408 e. The molecule has 1 N–H and O–H groups in total. The number of carbonyl (C=O) groups excluding carboxylic acids is 1. The van der Waals surface area contributed by atoms with Gasteiger partial charge in [-0.15, -0.1) is 0 Å². The molecule has 1 aliphatic heterocycles. The molecule has 3 rings (SSSR count). The highest BCUT2D eigenvalue weighted by Gasteiger charge is 2.34. The molecule has 0 spiro atoms. The molecule has 1 saturated heterocycles. The number of hydrogen-bond donors (Lipinski definition) is 1. The molecule has 0 radical (unpaired) electrons. The minimum Gasteiger partial charge on any atom is -0.324 e. The molecule has 1 saturated carbocycles. The Morgan fingerprint density at radius 2 is 1.88 bits per heavy atom. The number of nitrogens with zero attached hydrogens (tertiary/aromatic N) is 3. The van der Waals surface area contributed by atoms with Crippen LogP contribution in [0.4, 0.5) is 23.7 Å². The van der Waals surface area contributed by atoms with E-state index >= 15 is 0 Å². The summed E-state index contributed by atoms with van der Waals surface area (Å²) in [6.07, 6.45) is 0.399. The van der Waals surface area contributed by atoms with Gasteiger partial charge in [-0.3, -0.25) is 4.68 Å². The van der Waals surface area contributed by atoms with Crippen molar-refractivity contribution in [1.82, 2.24) is 14.7 Å². The number of likely N-dealkylation sites (tertiary alicyclic amines) is 1.